The van der Waals surface area contributed by atoms with Gasteiger partial charge in [0.05, 0.1) is 12.1 Å². The summed E-state index contributed by atoms with van der Waals surface area (Å²) < 4.78 is 5.30. The van der Waals surface area contributed by atoms with Crippen LogP contribution in [0.1, 0.15) is 28.8 Å². The Bertz CT molecular complexity index is 437. The molecule has 0 aliphatic heterocycles. The molecular formula is C11H17N3O3. The average molecular weight is 239 g/mol. The summed E-state index contributed by atoms with van der Waals surface area (Å²) in [6.45, 7) is 5.90. The maximum atomic E-state index is 12.1. The molecular weight excluding hydrogens is 222 g/mol. The first-order chi connectivity index (χ1) is 7.99. The van der Waals surface area contributed by atoms with Gasteiger partial charge in [-0.2, -0.15) is 0 Å². The van der Waals surface area contributed by atoms with Crippen LogP contribution in [0.2, 0.25) is 0 Å². The first kappa shape index (κ1) is 13.1. The first-order valence-electron chi connectivity index (χ1n) is 5.32. The van der Waals surface area contributed by atoms with Gasteiger partial charge in [-0.05, 0) is 26.8 Å². The summed E-state index contributed by atoms with van der Waals surface area (Å²) in [7, 11) is 0. The number of amides is 1. The summed E-state index contributed by atoms with van der Waals surface area (Å²) >= 11 is 0. The van der Waals surface area contributed by atoms with Crippen LogP contribution in [0.5, 0.6) is 0 Å². The molecule has 1 aromatic rings. The van der Waals surface area contributed by atoms with Gasteiger partial charge in [-0.1, -0.05) is 5.16 Å². The maximum absolute atomic E-state index is 12.1. The lowest BCUT2D eigenvalue weighted by Gasteiger charge is -2.19. The molecule has 3 N–H and O–H groups in total. The van der Waals surface area contributed by atoms with Gasteiger partial charge in [-0.3, -0.25) is 4.79 Å². The molecule has 0 bridgehead atoms. The van der Waals surface area contributed by atoms with Crippen LogP contribution >= 0.6 is 0 Å². The minimum absolute atomic E-state index is 0.00179. The second kappa shape index (κ2) is 5.38. The monoisotopic (exact) mass is 239 g/mol. The molecule has 0 aliphatic rings. The van der Waals surface area contributed by atoms with E-state index in [0.717, 1.165) is 0 Å². The number of amidine groups is 1. The van der Waals surface area contributed by atoms with Gasteiger partial charge in [-0.15, -0.1) is 0 Å². The number of carbonyl (C=O) groups is 1. The highest BCUT2D eigenvalue weighted by Gasteiger charge is 2.20. The quantitative estimate of drug-likeness (QED) is 0.356. The van der Waals surface area contributed by atoms with Crippen molar-refractivity contribution in [1.29, 1.82) is 0 Å². The lowest BCUT2D eigenvalue weighted by Crippen LogP contribution is -2.38. The molecule has 17 heavy (non-hydrogen) atoms. The molecule has 1 heterocycles. The molecule has 0 unspecified atom stereocenters. The van der Waals surface area contributed by atoms with Crippen molar-refractivity contribution in [2.45, 2.75) is 20.8 Å². The van der Waals surface area contributed by atoms with Crippen molar-refractivity contribution in [2.24, 2.45) is 10.9 Å². The molecule has 0 saturated carbocycles. The van der Waals surface area contributed by atoms with Gasteiger partial charge in [-0.25, -0.2) is 0 Å². The summed E-state index contributed by atoms with van der Waals surface area (Å²) in [4.78, 5) is 13.6. The van der Waals surface area contributed by atoms with Gasteiger partial charge in [0, 0.05) is 6.54 Å². The third-order valence-corrected chi connectivity index (χ3v) is 2.42. The zero-order valence-corrected chi connectivity index (χ0v) is 10.2. The lowest BCUT2D eigenvalue weighted by molar-refractivity contribution is 0.0784. The Hall–Kier alpha value is -1.98. The molecule has 0 saturated heterocycles. The number of likely N-dealkylation sites (N-methyl/N-ethyl adjacent to an activating group) is 1. The largest absolute Gasteiger partial charge is 0.466 e. The van der Waals surface area contributed by atoms with E-state index < -0.39 is 0 Å². The van der Waals surface area contributed by atoms with Crippen LogP contribution in [0.25, 0.3) is 0 Å². The highest BCUT2D eigenvalue weighted by atomic mass is 16.4. The number of hydrogen-bond donors (Lipinski definition) is 2. The third kappa shape index (κ3) is 2.99. The topological polar surface area (TPSA) is 92.1 Å². The van der Waals surface area contributed by atoms with Crippen LogP contribution in [0.4, 0.5) is 0 Å². The number of nitrogens with zero attached hydrogens (tertiary/aromatic N) is 2. The van der Waals surface area contributed by atoms with E-state index in [2.05, 4.69) is 5.16 Å². The van der Waals surface area contributed by atoms with E-state index in [0.29, 0.717) is 23.6 Å². The van der Waals surface area contributed by atoms with Crippen LogP contribution in [0, 0.1) is 13.8 Å². The molecule has 0 aliphatic carbocycles. The smallest absolute Gasteiger partial charge is 0.257 e. The summed E-state index contributed by atoms with van der Waals surface area (Å²) in [6.07, 6.45) is 0. The van der Waals surface area contributed by atoms with E-state index in [9.17, 15) is 4.79 Å². The highest BCUT2D eigenvalue weighted by Crippen LogP contribution is 2.15. The Morgan fingerprint density at radius 1 is 1.59 bits per heavy atom. The van der Waals surface area contributed by atoms with E-state index in [1.54, 1.807) is 19.9 Å². The van der Waals surface area contributed by atoms with Gasteiger partial charge >= 0.3 is 0 Å². The van der Waals surface area contributed by atoms with Gasteiger partial charge in [0.2, 0.25) is 0 Å². The molecule has 0 fully saturated rings. The second-order valence-corrected chi connectivity index (χ2v) is 3.74. The number of carbonyl (C=O) groups excluding carboxylic acids is 1. The van der Waals surface area contributed by atoms with Crippen molar-refractivity contribution < 1.29 is 14.4 Å². The molecule has 1 rings (SSSR count). The summed E-state index contributed by atoms with van der Waals surface area (Å²) in [5.74, 6) is 1.07. The van der Waals surface area contributed by atoms with Crippen LogP contribution in [0.15, 0.2) is 15.6 Å². The zero-order valence-electron chi connectivity index (χ0n) is 10.2. The first-order valence-corrected chi connectivity index (χ1v) is 5.32. The van der Waals surface area contributed by atoms with Gasteiger partial charge < -0.3 is 20.3 Å². The maximum Gasteiger partial charge on any atom is 0.257 e. The van der Waals surface area contributed by atoms with Crippen molar-refractivity contribution in [3.8, 4) is 0 Å². The zero-order chi connectivity index (χ0) is 13.0. The lowest BCUT2D eigenvalue weighted by atomic mass is 10.2. The highest BCUT2D eigenvalue weighted by molar-refractivity contribution is 5.97. The number of aryl methyl sites for hydroxylation is 2. The molecule has 0 aromatic carbocycles. The van der Waals surface area contributed by atoms with E-state index in [1.807, 2.05) is 6.92 Å². The molecule has 0 radical (unpaired) electrons. The molecule has 6 nitrogen and oxygen atoms in total. The molecule has 0 spiro atoms. The third-order valence-electron chi connectivity index (χ3n) is 2.42. The fourth-order valence-corrected chi connectivity index (χ4v) is 1.57. The Morgan fingerprint density at radius 3 is 2.65 bits per heavy atom. The molecule has 94 valence electrons. The second-order valence-electron chi connectivity index (χ2n) is 3.74. The normalized spacial score (nSPS) is 11.6. The van der Waals surface area contributed by atoms with Crippen LogP contribution < -0.4 is 5.73 Å². The number of hydrogen-bond acceptors (Lipinski definition) is 4. The number of furan rings is 1. The summed E-state index contributed by atoms with van der Waals surface area (Å²) in [5, 5.41) is 11.4. The predicted octanol–water partition coefficient (Wildman–Crippen LogP) is 1.10. The van der Waals surface area contributed by atoms with Crippen molar-refractivity contribution in [1.82, 2.24) is 4.90 Å². The Balaban J connectivity index is 2.90. The molecule has 0 atom stereocenters. The van der Waals surface area contributed by atoms with Gasteiger partial charge in [0.25, 0.3) is 5.91 Å². The SMILES string of the molecule is CCN(CC(N)=NO)C(=O)c1cc(C)oc1C. The summed E-state index contributed by atoms with van der Waals surface area (Å²) in [6, 6.07) is 1.69. The van der Waals surface area contributed by atoms with Crippen molar-refractivity contribution in [3.05, 3.63) is 23.2 Å². The fraction of sp³-hybridized carbons (Fsp3) is 0.455. The Kier molecular flexibility index (Phi) is 4.14. The Morgan fingerprint density at radius 2 is 2.24 bits per heavy atom. The number of oxime groups is 1. The number of nitrogens with two attached hydrogens (primary N) is 1. The molecule has 1 aromatic heterocycles. The van der Waals surface area contributed by atoms with Crippen LogP contribution in [-0.2, 0) is 0 Å². The van der Waals surface area contributed by atoms with E-state index in [1.165, 1.54) is 4.90 Å². The van der Waals surface area contributed by atoms with E-state index in [-0.39, 0.29) is 18.3 Å². The minimum Gasteiger partial charge on any atom is -0.466 e. The van der Waals surface area contributed by atoms with E-state index in [4.69, 9.17) is 15.4 Å². The van der Waals surface area contributed by atoms with E-state index >= 15 is 0 Å². The minimum atomic E-state index is -0.187. The van der Waals surface area contributed by atoms with Crippen molar-refractivity contribution in [3.63, 3.8) is 0 Å². The molecule has 1 amide bonds. The number of rotatable bonds is 4. The van der Waals surface area contributed by atoms with Crippen molar-refractivity contribution in [2.75, 3.05) is 13.1 Å². The van der Waals surface area contributed by atoms with Crippen molar-refractivity contribution >= 4 is 11.7 Å². The average Bonchev–Trinajstić information content (AvgIpc) is 2.64. The van der Waals surface area contributed by atoms with Gasteiger partial charge in [0.1, 0.15) is 11.5 Å². The van der Waals surface area contributed by atoms with Crippen LogP contribution in [0.3, 0.4) is 0 Å². The van der Waals surface area contributed by atoms with Gasteiger partial charge in [0.15, 0.2) is 5.84 Å². The molecule has 6 heteroatoms. The summed E-state index contributed by atoms with van der Waals surface area (Å²) in [5.41, 5.74) is 5.90. The predicted molar refractivity (Wildman–Crippen MR) is 63.2 cm³/mol. The fourth-order valence-electron chi connectivity index (χ4n) is 1.57. The Labute approximate surface area is 99.7 Å². The standard InChI is InChI=1S/C11H17N3O3/c1-4-14(6-10(12)13-16)11(15)9-5-7(2)17-8(9)3/h5,16H,4,6H2,1-3H3,(H2,12,13). The van der Waals surface area contributed by atoms with Crippen LogP contribution in [-0.4, -0.2) is 34.9 Å².